The monoisotopic (exact) mass is 865 g/mol. The highest BCUT2D eigenvalue weighted by atomic mass is 32.2. The predicted octanol–water partition coefficient (Wildman–Crippen LogP) is 5.07. The van der Waals surface area contributed by atoms with Gasteiger partial charge in [-0.1, -0.05) is 41.0 Å². The van der Waals surface area contributed by atoms with Crippen molar-refractivity contribution in [3.63, 3.8) is 0 Å². The summed E-state index contributed by atoms with van der Waals surface area (Å²) in [5, 5.41) is 14.5. The lowest BCUT2D eigenvalue weighted by Gasteiger charge is -2.36. The van der Waals surface area contributed by atoms with Crippen LogP contribution in [-0.4, -0.2) is 95.2 Å². The number of halogens is 4. The Labute approximate surface area is 345 Å². The van der Waals surface area contributed by atoms with E-state index in [2.05, 4.69) is 20.6 Å². The van der Waals surface area contributed by atoms with Crippen LogP contribution in [-0.2, 0) is 35.1 Å². The van der Waals surface area contributed by atoms with Crippen molar-refractivity contribution in [2.45, 2.75) is 134 Å². The highest BCUT2D eigenvalue weighted by Crippen LogP contribution is 2.50. The number of carbonyl (C=O) groups excluding carboxylic acids is 4. The Morgan fingerprint density at radius 3 is 2.42 bits per heavy atom. The molecule has 0 spiro atoms. The van der Waals surface area contributed by atoms with Crippen LogP contribution >= 0.6 is 0 Å². The number of sulfonamides is 1. The molecule has 0 radical (unpaired) electrons. The Balaban J connectivity index is 1.45. The fourth-order valence-electron chi connectivity index (χ4n) is 7.98. The van der Waals surface area contributed by atoms with E-state index < -0.39 is 123 Å². The number of alkyl carbamates (subject to hydrolysis) is 1. The van der Waals surface area contributed by atoms with E-state index in [1.165, 1.54) is 25.1 Å². The van der Waals surface area contributed by atoms with Crippen LogP contribution in [0.5, 0.6) is 5.88 Å². The van der Waals surface area contributed by atoms with Crippen molar-refractivity contribution in [1.82, 2.24) is 30.2 Å². The summed E-state index contributed by atoms with van der Waals surface area (Å²) in [5.41, 5.74) is -3.94. The van der Waals surface area contributed by atoms with E-state index in [-0.39, 0.29) is 54.8 Å². The normalized spacial score (nSPS) is 29.5. The van der Waals surface area contributed by atoms with Gasteiger partial charge in [0.2, 0.25) is 34.1 Å². The first-order valence-corrected chi connectivity index (χ1v) is 21.6. The molecule has 2 aliphatic carbocycles. The molecular weight excluding hydrogens is 815 g/mol. The molecule has 1 aromatic carbocycles. The minimum atomic E-state index is -4.33. The number of nitrogens with zero attached hydrogens (tertiary/aromatic N) is 4. The molecule has 20 heteroatoms. The maximum absolute atomic E-state index is 16.3. The molecule has 3 heterocycles. The molecule has 3 N–H and O–H groups in total. The number of cyclic esters (lactones) is 1. The van der Waals surface area contributed by atoms with Crippen LogP contribution in [0.2, 0.25) is 0 Å². The third-order valence-corrected chi connectivity index (χ3v) is 14.4. The zero-order chi connectivity index (χ0) is 44.2. The van der Waals surface area contributed by atoms with E-state index in [9.17, 15) is 41.6 Å². The number of nitriles is 1. The maximum Gasteiger partial charge on any atom is 0.407 e. The number of ether oxygens (including phenoxy) is 2. The molecule has 7 unspecified atom stereocenters. The van der Waals surface area contributed by atoms with Gasteiger partial charge in [0.15, 0.2) is 5.69 Å². The quantitative estimate of drug-likeness (QED) is 0.313. The van der Waals surface area contributed by atoms with Crippen molar-refractivity contribution in [2.75, 3.05) is 13.2 Å². The molecule has 3 fully saturated rings. The van der Waals surface area contributed by atoms with E-state index in [1.807, 2.05) is 10.8 Å². The van der Waals surface area contributed by atoms with E-state index in [4.69, 9.17) is 9.47 Å². The van der Waals surface area contributed by atoms with Gasteiger partial charge in [-0.3, -0.25) is 19.1 Å². The van der Waals surface area contributed by atoms with Gasteiger partial charge in [0.05, 0.1) is 46.5 Å². The zero-order valence-electron chi connectivity index (χ0n) is 34.3. The smallest absolute Gasteiger partial charge is 0.407 e. The van der Waals surface area contributed by atoms with Gasteiger partial charge in [0.1, 0.15) is 23.7 Å². The van der Waals surface area contributed by atoms with Crippen molar-refractivity contribution < 1.29 is 54.6 Å². The maximum atomic E-state index is 16.3. The predicted molar refractivity (Wildman–Crippen MR) is 207 cm³/mol. The van der Waals surface area contributed by atoms with Gasteiger partial charge >= 0.3 is 6.09 Å². The first-order chi connectivity index (χ1) is 28.0. The number of alkyl halides is 4. The third-order valence-electron chi connectivity index (χ3n) is 12.2. The molecule has 1 saturated heterocycles. The van der Waals surface area contributed by atoms with Crippen LogP contribution in [0.15, 0.2) is 18.2 Å². The van der Waals surface area contributed by atoms with E-state index in [1.54, 1.807) is 34.6 Å². The number of rotatable bonds is 7. The van der Waals surface area contributed by atoms with Crippen molar-refractivity contribution in [3.8, 4) is 11.9 Å². The SMILES string of the molecule is CCC1C2CN(C(=O)C(C(C)(C)C)NC(=O)OCC(C)CCCCC(F)(F)c3nc4ccc(C#N)cc4nc3O2)C1C(=O)NC1(C(=O)NS(=O)(=O)C2(C)CC2)CC1C(F)F. The minimum absolute atomic E-state index is 0.0234. The molecule has 1 aromatic heterocycles. The van der Waals surface area contributed by atoms with Gasteiger partial charge in [-0.15, -0.1) is 0 Å². The fourth-order valence-corrected chi connectivity index (χ4v) is 9.30. The highest BCUT2D eigenvalue weighted by Gasteiger charge is 2.68. The lowest BCUT2D eigenvalue weighted by molar-refractivity contribution is -0.144. The first-order valence-electron chi connectivity index (χ1n) is 20.1. The lowest BCUT2D eigenvalue weighted by atomic mass is 9.85. The zero-order valence-corrected chi connectivity index (χ0v) is 35.1. The average Bonchev–Trinajstić information content (AvgIpc) is 4.08. The van der Waals surface area contributed by atoms with Crippen LogP contribution in [0.3, 0.4) is 0 Å². The highest BCUT2D eigenvalue weighted by molar-refractivity contribution is 7.91. The molecule has 2 aromatic rings. The average molecular weight is 866 g/mol. The Morgan fingerprint density at radius 2 is 1.82 bits per heavy atom. The van der Waals surface area contributed by atoms with Crippen LogP contribution < -0.4 is 20.1 Å². The van der Waals surface area contributed by atoms with Gasteiger partial charge in [-0.25, -0.2) is 32.0 Å². The fraction of sp³-hybridized carbons (Fsp3) is 0.675. The van der Waals surface area contributed by atoms with E-state index in [0.29, 0.717) is 12.8 Å². The molecule has 6 rings (SSSR count). The molecular formula is C40H51F4N7O8S. The molecule has 7 atom stereocenters. The Morgan fingerprint density at radius 1 is 1.12 bits per heavy atom. The number of aromatic nitrogens is 2. The van der Waals surface area contributed by atoms with Gasteiger partial charge in [-0.05, 0) is 75.0 Å². The summed E-state index contributed by atoms with van der Waals surface area (Å²) in [4.78, 5) is 66.0. The molecule has 2 saturated carbocycles. The second-order valence-electron chi connectivity index (χ2n) is 17.9. The van der Waals surface area contributed by atoms with Crippen molar-refractivity contribution in [2.24, 2.45) is 23.2 Å². The molecule has 2 bridgehead atoms. The molecule has 15 nitrogen and oxygen atoms in total. The Kier molecular flexibility index (Phi) is 12.1. The summed E-state index contributed by atoms with van der Waals surface area (Å²) < 4.78 is 99.7. The van der Waals surface area contributed by atoms with Gasteiger partial charge in [-0.2, -0.15) is 14.0 Å². The topological polar surface area (TPSA) is 210 Å². The lowest BCUT2D eigenvalue weighted by Crippen LogP contribution is -2.61. The second-order valence-corrected chi connectivity index (χ2v) is 20.1. The number of hydrogen-bond donors (Lipinski definition) is 3. The summed E-state index contributed by atoms with van der Waals surface area (Å²) in [6, 6.07) is 3.10. The number of amides is 4. The van der Waals surface area contributed by atoms with Crippen molar-refractivity contribution >= 4 is 44.9 Å². The Bertz CT molecular complexity index is 2190. The van der Waals surface area contributed by atoms with E-state index in [0.717, 1.165) is 4.90 Å². The summed E-state index contributed by atoms with van der Waals surface area (Å²) in [7, 11) is -4.33. The standard InChI is InChI=1S/C40H51F4N7O8S/c1-7-23-27-19-51(28(23)32(52)49-39(17-24(39)31(41)42)35(54)50-60(56,57)38(6)14-15-38)34(53)30(37(3,4)5)48-36(55)58-20-21(2)10-8-9-13-40(43,44)29-33(59-27)47-26-16-22(18-45)11-12-25(26)46-29/h11-12,16,21,23-24,27-28,30-31H,7-10,13-15,17,19-20H2,1-6H3,(H,48,55)(H,49,52)(H,50,54). The summed E-state index contributed by atoms with van der Waals surface area (Å²) in [6.07, 6.45) is -5.36. The molecule has 4 aliphatic rings. The van der Waals surface area contributed by atoms with Crippen LogP contribution in [0.25, 0.3) is 11.0 Å². The minimum Gasteiger partial charge on any atom is -0.471 e. The second kappa shape index (κ2) is 16.2. The molecule has 328 valence electrons. The third kappa shape index (κ3) is 8.82. The summed E-state index contributed by atoms with van der Waals surface area (Å²) >= 11 is 0. The van der Waals surface area contributed by atoms with Gasteiger partial charge in [0.25, 0.3) is 11.8 Å². The van der Waals surface area contributed by atoms with Crippen LogP contribution in [0, 0.1) is 34.5 Å². The number of nitrogens with one attached hydrogen (secondary N) is 3. The largest absolute Gasteiger partial charge is 0.471 e. The molecule has 4 amide bonds. The first kappa shape index (κ1) is 44.7. The number of fused-ring (bicyclic) bond motifs is 4. The van der Waals surface area contributed by atoms with Gasteiger partial charge < -0.3 is 25.0 Å². The number of carbonyl (C=O) groups is 4. The van der Waals surface area contributed by atoms with Crippen molar-refractivity contribution in [3.05, 3.63) is 29.5 Å². The summed E-state index contributed by atoms with van der Waals surface area (Å²) in [6.45, 7) is 9.17. The van der Waals surface area contributed by atoms with Crippen molar-refractivity contribution in [1.29, 1.82) is 5.26 Å². The Hall–Kier alpha value is -4.80. The summed E-state index contributed by atoms with van der Waals surface area (Å²) in [5.74, 6) is -10.6. The number of hydrogen-bond acceptors (Lipinski definition) is 11. The number of benzene rings is 1. The van der Waals surface area contributed by atoms with Crippen LogP contribution in [0.4, 0.5) is 22.4 Å². The van der Waals surface area contributed by atoms with Crippen LogP contribution in [0.1, 0.15) is 104 Å². The van der Waals surface area contributed by atoms with Gasteiger partial charge in [0, 0.05) is 12.3 Å². The molecule has 2 aliphatic heterocycles. The molecule has 60 heavy (non-hydrogen) atoms. The van der Waals surface area contributed by atoms with E-state index >= 15 is 8.78 Å².